The van der Waals surface area contributed by atoms with Gasteiger partial charge in [0.05, 0.1) is 10.8 Å². The van der Waals surface area contributed by atoms with Crippen molar-refractivity contribution >= 4 is 11.7 Å². The van der Waals surface area contributed by atoms with Crippen LogP contribution in [0.2, 0.25) is 0 Å². The van der Waals surface area contributed by atoms with Crippen molar-refractivity contribution in [2.24, 2.45) is 11.3 Å². The van der Waals surface area contributed by atoms with Crippen molar-refractivity contribution in [3.63, 3.8) is 0 Å². The molecule has 1 saturated carbocycles. The lowest BCUT2D eigenvalue weighted by molar-refractivity contribution is -0.384. The predicted molar refractivity (Wildman–Crippen MR) is 85.0 cm³/mol. The number of nitrogens with zero attached hydrogens (tertiary/aromatic N) is 2. The summed E-state index contributed by atoms with van der Waals surface area (Å²) in [7, 11) is 0. The maximum Gasteiger partial charge on any atom is 0.308 e. The smallest absolute Gasteiger partial charge is 0.308 e. The number of benzene rings is 1. The van der Waals surface area contributed by atoms with E-state index in [4.69, 9.17) is 0 Å². The van der Waals surface area contributed by atoms with Gasteiger partial charge in [-0.2, -0.15) is 0 Å². The molecule has 1 aliphatic carbocycles. The van der Waals surface area contributed by atoms with E-state index < -0.39 is 10.9 Å². The van der Waals surface area contributed by atoms with Gasteiger partial charge in [0.25, 0.3) is 5.69 Å². The van der Waals surface area contributed by atoms with E-state index in [1.807, 2.05) is 0 Å². The zero-order valence-corrected chi connectivity index (χ0v) is 13.1. The number of nitro groups is 1. The highest BCUT2D eigenvalue weighted by atomic mass is 16.6. The number of rotatable bonds is 4. The number of nitro benzene ring substituents is 1. The van der Waals surface area contributed by atoms with E-state index in [-0.39, 0.29) is 17.0 Å². The molecule has 1 aromatic rings. The molecule has 124 valence electrons. The molecule has 1 aliphatic heterocycles. The van der Waals surface area contributed by atoms with Gasteiger partial charge < -0.3 is 5.11 Å². The van der Waals surface area contributed by atoms with Crippen LogP contribution in [0.15, 0.2) is 24.3 Å². The lowest BCUT2D eigenvalue weighted by Gasteiger charge is -2.36. The maximum absolute atomic E-state index is 11.7. The molecule has 0 bridgehead atoms. The van der Waals surface area contributed by atoms with Gasteiger partial charge in [0.1, 0.15) is 0 Å². The Morgan fingerprint density at radius 3 is 2.48 bits per heavy atom. The van der Waals surface area contributed by atoms with Crippen molar-refractivity contribution in [2.75, 3.05) is 13.1 Å². The number of hydrogen-bond acceptors (Lipinski definition) is 4. The Morgan fingerprint density at radius 1 is 1.26 bits per heavy atom. The van der Waals surface area contributed by atoms with E-state index in [9.17, 15) is 20.0 Å². The molecular weight excluding hydrogens is 296 g/mol. The summed E-state index contributed by atoms with van der Waals surface area (Å²) in [5, 5.41) is 20.3. The molecule has 23 heavy (non-hydrogen) atoms. The van der Waals surface area contributed by atoms with Crippen molar-refractivity contribution in [1.82, 2.24) is 4.90 Å². The van der Waals surface area contributed by atoms with Crippen molar-refractivity contribution in [2.45, 2.75) is 38.6 Å². The third-order valence-electron chi connectivity index (χ3n) is 5.42. The molecule has 1 N–H and O–H groups in total. The molecule has 1 saturated heterocycles. The van der Waals surface area contributed by atoms with Crippen LogP contribution in [0.3, 0.4) is 0 Å². The third kappa shape index (κ3) is 3.22. The van der Waals surface area contributed by atoms with E-state index >= 15 is 0 Å². The van der Waals surface area contributed by atoms with Crippen molar-refractivity contribution < 1.29 is 14.8 Å². The fourth-order valence-corrected chi connectivity index (χ4v) is 4.28. The van der Waals surface area contributed by atoms with Gasteiger partial charge in [-0.05, 0) is 23.8 Å². The van der Waals surface area contributed by atoms with Crippen molar-refractivity contribution in [1.29, 1.82) is 0 Å². The lowest BCUT2D eigenvalue weighted by atomic mass is 9.68. The molecule has 3 rings (SSSR count). The summed E-state index contributed by atoms with van der Waals surface area (Å²) in [5.41, 5.74) is 1.00. The Kier molecular flexibility index (Phi) is 4.35. The molecule has 0 unspecified atom stereocenters. The molecule has 2 aliphatic rings. The van der Waals surface area contributed by atoms with E-state index in [0.29, 0.717) is 13.1 Å². The summed E-state index contributed by atoms with van der Waals surface area (Å²) in [6.07, 6.45) is 5.45. The average Bonchev–Trinajstić information content (AvgIpc) is 2.86. The number of likely N-dealkylation sites (tertiary alicyclic amines) is 1. The second kappa shape index (κ2) is 6.28. The minimum atomic E-state index is -0.682. The lowest BCUT2D eigenvalue weighted by Crippen LogP contribution is -2.36. The fraction of sp³-hybridized carbons (Fsp3) is 0.588. The Morgan fingerprint density at radius 2 is 1.91 bits per heavy atom. The molecule has 0 radical (unpaired) electrons. The van der Waals surface area contributed by atoms with Crippen molar-refractivity contribution in [3.05, 3.63) is 39.9 Å². The zero-order valence-electron chi connectivity index (χ0n) is 13.1. The van der Waals surface area contributed by atoms with E-state index in [0.717, 1.165) is 37.8 Å². The van der Waals surface area contributed by atoms with Gasteiger partial charge in [-0.15, -0.1) is 0 Å². The molecule has 0 amide bonds. The van der Waals surface area contributed by atoms with Gasteiger partial charge in [0, 0.05) is 31.8 Å². The number of hydrogen-bond donors (Lipinski definition) is 1. The first-order chi connectivity index (χ1) is 11.0. The van der Waals surface area contributed by atoms with E-state index in [1.54, 1.807) is 12.1 Å². The normalized spacial score (nSPS) is 23.9. The van der Waals surface area contributed by atoms with Crippen LogP contribution < -0.4 is 0 Å². The highest BCUT2D eigenvalue weighted by Crippen LogP contribution is 2.47. The first-order valence-electron chi connectivity index (χ1n) is 8.19. The fourth-order valence-electron chi connectivity index (χ4n) is 4.28. The summed E-state index contributed by atoms with van der Waals surface area (Å²) in [6.45, 7) is 2.05. The topological polar surface area (TPSA) is 83.7 Å². The minimum absolute atomic E-state index is 0.0785. The summed E-state index contributed by atoms with van der Waals surface area (Å²) in [5.74, 6) is -0.973. The van der Waals surface area contributed by atoms with E-state index in [2.05, 4.69) is 4.90 Å². The Balaban J connectivity index is 1.71. The highest BCUT2D eigenvalue weighted by molar-refractivity contribution is 5.72. The van der Waals surface area contributed by atoms with Gasteiger partial charge in [0.15, 0.2) is 0 Å². The molecule has 1 spiro atoms. The SMILES string of the molecule is O=C(O)[C@H]1CN(Cc2ccc([N+](=O)[O-])cc2)CC12CCCCC2. The number of non-ortho nitro benzene ring substituents is 1. The maximum atomic E-state index is 11.7. The Labute approximate surface area is 135 Å². The number of carboxylic acid groups (broad SMARTS) is 1. The standard InChI is InChI=1S/C17H22N2O4/c20-16(21)15-11-18(12-17(15)8-2-1-3-9-17)10-13-4-6-14(7-5-13)19(22)23/h4-7,15H,1-3,8-12H2,(H,20,21)/t15-/m1/s1. The molecule has 2 fully saturated rings. The van der Waals surface area contributed by atoms with Gasteiger partial charge in [-0.25, -0.2) is 0 Å². The van der Waals surface area contributed by atoms with Crippen LogP contribution in [0.25, 0.3) is 0 Å². The summed E-state index contributed by atoms with van der Waals surface area (Å²) < 4.78 is 0. The molecule has 1 aromatic carbocycles. The van der Waals surface area contributed by atoms with Gasteiger partial charge in [-0.3, -0.25) is 19.8 Å². The first-order valence-corrected chi connectivity index (χ1v) is 8.19. The Hall–Kier alpha value is -1.95. The van der Waals surface area contributed by atoms with Gasteiger partial charge >= 0.3 is 5.97 Å². The van der Waals surface area contributed by atoms with Crippen LogP contribution in [0, 0.1) is 21.4 Å². The molecule has 1 heterocycles. The monoisotopic (exact) mass is 318 g/mol. The van der Waals surface area contributed by atoms with Crippen LogP contribution in [-0.4, -0.2) is 34.0 Å². The summed E-state index contributed by atoms with van der Waals surface area (Å²) >= 11 is 0. The predicted octanol–water partition coefficient (Wildman–Crippen LogP) is 3.06. The second-order valence-electron chi connectivity index (χ2n) is 6.91. The number of aliphatic carboxylic acids is 1. The molecule has 6 heteroatoms. The molecule has 1 atom stereocenters. The third-order valence-corrected chi connectivity index (χ3v) is 5.42. The quantitative estimate of drug-likeness (QED) is 0.681. The van der Waals surface area contributed by atoms with Gasteiger partial charge in [0.2, 0.25) is 0 Å². The second-order valence-corrected chi connectivity index (χ2v) is 6.91. The Bertz CT molecular complexity index is 593. The van der Waals surface area contributed by atoms with Crippen LogP contribution in [0.5, 0.6) is 0 Å². The zero-order chi connectivity index (χ0) is 16.4. The van der Waals surface area contributed by atoms with Crippen LogP contribution in [-0.2, 0) is 11.3 Å². The molecule has 0 aromatic heterocycles. The largest absolute Gasteiger partial charge is 0.481 e. The van der Waals surface area contributed by atoms with E-state index in [1.165, 1.54) is 18.6 Å². The number of carbonyl (C=O) groups is 1. The molecular formula is C17H22N2O4. The average molecular weight is 318 g/mol. The van der Waals surface area contributed by atoms with Crippen molar-refractivity contribution in [3.8, 4) is 0 Å². The highest BCUT2D eigenvalue weighted by Gasteiger charge is 2.50. The molecule has 6 nitrogen and oxygen atoms in total. The first kappa shape index (κ1) is 15.9. The summed E-state index contributed by atoms with van der Waals surface area (Å²) in [6, 6.07) is 6.55. The summed E-state index contributed by atoms with van der Waals surface area (Å²) in [4.78, 5) is 24.2. The van der Waals surface area contributed by atoms with Crippen LogP contribution >= 0.6 is 0 Å². The van der Waals surface area contributed by atoms with Gasteiger partial charge in [-0.1, -0.05) is 31.4 Å². The minimum Gasteiger partial charge on any atom is -0.481 e. The van der Waals surface area contributed by atoms with Crippen LogP contribution in [0.4, 0.5) is 5.69 Å². The van der Waals surface area contributed by atoms with Crippen LogP contribution in [0.1, 0.15) is 37.7 Å². The number of carboxylic acids is 1.